The van der Waals surface area contributed by atoms with E-state index in [0.29, 0.717) is 0 Å². The summed E-state index contributed by atoms with van der Waals surface area (Å²) in [5.41, 5.74) is 1.12. The normalized spacial score (nSPS) is 11.7. The van der Waals surface area contributed by atoms with E-state index < -0.39 is 30.4 Å². The van der Waals surface area contributed by atoms with Crippen LogP contribution in [0.25, 0.3) is 0 Å². The lowest BCUT2D eigenvalue weighted by molar-refractivity contribution is -0.145. The third-order valence-corrected chi connectivity index (χ3v) is 3.57. The summed E-state index contributed by atoms with van der Waals surface area (Å²) >= 11 is 1.50. The first kappa shape index (κ1) is 16.0. The summed E-state index contributed by atoms with van der Waals surface area (Å²) in [6.45, 7) is 2.28. The highest BCUT2D eigenvalue weighted by atomic mass is 32.1. The van der Waals surface area contributed by atoms with Crippen molar-refractivity contribution < 1.29 is 24.6 Å². The van der Waals surface area contributed by atoms with Gasteiger partial charge in [0.05, 0.1) is 13.0 Å². The Morgan fingerprint density at radius 2 is 2.05 bits per heavy atom. The topological polar surface area (TPSA) is 116 Å². The van der Waals surface area contributed by atoms with Gasteiger partial charge in [-0.3, -0.25) is 4.79 Å². The molecule has 0 aromatic carbocycles. The number of aryl methyl sites for hydroxylation is 1. The minimum atomic E-state index is -1.44. The van der Waals surface area contributed by atoms with Crippen molar-refractivity contribution in [3.8, 4) is 0 Å². The molecule has 0 saturated heterocycles. The van der Waals surface area contributed by atoms with E-state index in [2.05, 4.69) is 10.6 Å². The lowest BCUT2D eigenvalue weighted by atomic mass is 10.2. The van der Waals surface area contributed by atoms with Gasteiger partial charge in [0, 0.05) is 4.88 Å². The molecule has 2 amide bonds. The molecule has 0 unspecified atom stereocenters. The molecule has 0 aliphatic rings. The quantitative estimate of drug-likeness (QED) is 0.600. The Hall–Kier alpha value is -2.09. The molecule has 0 radical (unpaired) electrons. The monoisotopic (exact) mass is 300 g/mol. The molecule has 1 aromatic rings. The van der Waals surface area contributed by atoms with E-state index in [1.807, 2.05) is 18.4 Å². The Balaban J connectivity index is 2.50. The number of urea groups is 1. The van der Waals surface area contributed by atoms with Crippen molar-refractivity contribution in [1.29, 1.82) is 0 Å². The van der Waals surface area contributed by atoms with Crippen molar-refractivity contribution in [2.75, 3.05) is 0 Å². The Labute approximate surface area is 119 Å². The Morgan fingerprint density at radius 3 is 2.60 bits per heavy atom. The Kier molecular flexibility index (Phi) is 5.98. The second kappa shape index (κ2) is 7.49. The van der Waals surface area contributed by atoms with Crippen LogP contribution in [0.15, 0.2) is 11.4 Å². The van der Waals surface area contributed by atoms with Gasteiger partial charge in [-0.2, -0.15) is 0 Å². The fraction of sp³-hybridized carbons (Fsp3) is 0.417. The molecule has 0 saturated carbocycles. The fourth-order valence-corrected chi connectivity index (χ4v) is 2.50. The largest absolute Gasteiger partial charge is 0.481 e. The van der Waals surface area contributed by atoms with Crippen molar-refractivity contribution in [2.24, 2.45) is 0 Å². The molecular weight excluding hydrogens is 284 g/mol. The molecule has 0 aliphatic carbocycles. The van der Waals surface area contributed by atoms with Crippen LogP contribution in [0.2, 0.25) is 0 Å². The number of carboxylic acid groups (broad SMARTS) is 2. The van der Waals surface area contributed by atoms with Crippen LogP contribution in [0.4, 0.5) is 4.79 Å². The smallest absolute Gasteiger partial charge is 0.326 e. The van der Waals surface area contributed by atoms with Crippen LogP contribution in [0.3, 0.4) is 0 Å². The van der Waals surface area contributed by atoms with E-state index in [4.69, 9.17) is 10.2 Å². The van der Waals surface area contributed by atoms with E-state index in [9.17, 15) is 14.4 Å². The molecule has 0 bridgehead atoms. The average Bonchev–Trinajstić information content (AvgIpc) is 2.82. The second-order valence-electron chi connectivity index (χ2n) is 4.04. The first-order chi connectivity index (χ1) is 9.43. The molecule has 20 heavy (non-hydrogen) atoms. The minimum absolute atomic E-state index is 0.284. The predicted octanol–water partition coefficient (Wildman–Crippen LogP) is 1.04. The number of carbonyl (C=O) groups is 3. The van der Waals surface area contributed by atoms with E-state index in [1.54, 1.807) is 0 Å². The summed E-state index contributed by atoms with van der Waals surface area (Å²) in [5, 5.41) is 23.9. The zero-order valence-corrected chi connectivity index (χ0v) is 11.7. The Morgan fingerprint density at radius 1 is 1.35 bits per heavy atom. The first-order valence-electron chi connectivity index (χ1n) is 5.98. The van der Waals surface area contributed by atoms with Crippen LogP contribution >= 0.6 is 11.3 Å². The van der Waals surface area contributed by atoms with Crippen LogP contribution in [0.5, 0.6) is 0 Å². The molecule has 0 spiro atoms. The van der Waals surface area contributed by atoms with Gasteiger partial charge < -0.3 is 20.8 Å². The number of amides is 2. The molecule has 1 heterocycles. The highest BCUT2D eigenvalue weighted by molar-refractivity contribution is 7.10. The van der Waals surface area contributed by atoms with Gasteiger partial charge in [0.15, 0.2) is 0 Å². The van der Waals surface area contributed by atoms with Gasteiger partial charge in [-0.15, -0.1) is 11.3 Å². The van der Waals surface area contributed by atoms with Crippen molar-refractivity contribution in [2.45, 2.75) is 32.4 Å². The van der Waals surface area contributed by atoms with Crippen LogP contribution < -0.4 is 10.6 Å². The summed E-state index contributed by atoms with van der Waals surface area (Å²) in [4.78, 5) is 33.8. The number of hydrogen-bond donors (Lipinski definition) is 4. The van der Waals surface area contributed by atoms with E-state index >= 15 is 0 Å². The zero-order valence-electron chi connectivity index (χ0n) is 10.9. The molecule has 8 heteroatoms. The highest BCUT2D eigenvalue weighted by Gasteiger charge is 2.22. The van der Waals surface area contributed by atoms with E-state index in [-0.39, 0.29) is 6.54 Å². The number of rotatable bonds is 7. The summed E-state index contributed by atoms with van der Waals surface area (Å²) in [7, 11) is 0. The maximum atomic E-state index is 11.6. The standard InChI is InChI=1S/C12H16N2O5S/c1-2-7-3-4-20-9(7)6-13-12(19)14-8(11(17)18)5-10(15)16/h3-4,8H,2,5-6H2,1H3,(H,15,16)(H,17,18)(H2,13,14,19)/t8-/m1/s1. The van der Waals surface area contributed by atoms with Crippen molar-refractivity contribution in [3.05, 3.63) is 21.9 Å². The number of hydrogen-bond acceptors (Lipinski definition) is 4. The van der Waals surface area contributed by atoms with Gasteiger partial charge in [0.1, 0.15) is 6.04 Å². The predicted molar refractivity (Wildman–Crippen MR) is 72.7 cm³/mol. The van der Waals surface area contributed by atoms with Gasteiger partial charge in [-0.1, -0.05) is 6.92 Å². The van der Waals surface area contributed by atoms with Crippen molar-refractivity contribution >= 4 is 29.3 Å². The average molecular weight is 300 g/mol. The van der Waals surface area contributed by atoms with Crippen LogP contribution in [0.1, 0.15) is 23.8 Å². The highest BCUT2D eigenvalue weighted by Crippen LogP contribution is 2.16. The molecule has 0 aliphatic heterocycles. The van der Waals surface area contributed by atoms with Crippen molar-refractivity contribution in [1.82, 2.24) is 10.6 Å². The third-order valence-electron chi connectivity index (χ3n) is 2.61. The molecule has 1 rings (SSSR count). The summed E-state index contributed by atoms with van der Waals surface area (Å²) < 4.78 is 0. The molecule has 7 nitrogen and oxygen atoms in total. The summed E-state index contributed by atoms with van der Waals surface area (Å²) in [5.74, 6) is -2.67. The van der Waals surface area contributed by atoms with Crippen LogP contribution in [-0.4, -0.2) is 34.2 Å². The molecule has 1 atom stereocenters. The van der Waals surface area contributed by atoms with Gasteiger partial charge >= 0.3 is 18.0 Å². The van der Waals surface area contributed by atoms with Crippen LogP contribution in [0, 0.1) is 0 Å². The van der Waals surface area contributed by atoms with E-state index in [0.717, 1.165) is 16.9 Å². The first-order valence-corrected chi connectivity index (χ1v) is 6.86. The third kappa shape index (κ3) is 4.88. The van der Waals surface area contributed by atoms with Gasteiger partial charge in [0.25, 0.3) is 0 Å². The minimum Gasteiger partial charge on any atom is -0.481 e. The van der Waals surface area contributed by atoms with Crippen molar-refractivity contribution in [3.63, 3.8) is 0 Å². The summed E-state index contributed by atoms with van der Waals surface area (Å²) in [6.07, 6.45) is 0.181. The molecule has 4 N–H and O–H groups in total. The van der Waals surface area contributed by atoms with Gasteiger partial charge in [0.2, 0.25) is 0 Å². The maximum absolute atomic E-state index is 11.6. The molecule has 1 aromatic heterocycles. The molecular formula is C12H16N2O5S. The number of thiophene rings is 1. The van der Waals surface area contributed by atoms with Crippen LogP contribution in [-0.2, 0) is 22.6 Å². The molecule has 0 fully saturated rings. The molecule has 110 valence electrons. The number of carboxylic acids is 2. The second-order valence-corrected chi connectivity index (χ2v) is 5.04. The van der Waals surface area contributed by atoms with Gasteiger partial charge in [-0.05, 0) is 23.4 Å². The van der Waals surface area contributed by atoms with Gasteiger partial charge in [-0.25, -0.2) is 9.59 Å². The lowest BCUT2D eigenvalue weighted by Crippen LogP contribution is -2.46. The van der Waals surface area contributed by atoms with E-state index in [1.165, 1.54) is 11.3 Å². The SMILES string of the molecule is CCc1ccsc1CNC(=O)N[C@H](CC(=O)O)C(=O)O. The number of nitrogens with one attached hydrogen (secondary N) is 2. The fourth-order valence-electron chi connectivity index (χ4n) is 1.58. The maximum Gasteiger partial charge on any atom is 0.326 e. The number of carbonyl (C=O) groups excluding carboxylic acids is 1. The lowest BCUT2D eigenvalue weighted by Gasteiger charge is -2.13. The Bertz CT molecular complexity index is 500. The summed E-state index contributed by atoms with van der Waals surface area (Å²) in [6, 6.07) is -0.181. The zero-order chi connectivity index (χ0) is 15.1. The number of aliphatic carboxylic acids is 2.